The topological polar surface area (TPSA) is 53.4 Å². The summed E-state index contributed by atoms with van der Waals surface area (Å²) < 4.78 is 39.0. The number of para-hydroxylation sites is 1. The zero-order valence-electron chi connectivity index (χ0n) is 12.9. The Morgan fingerprint density at radius 3 is 2.57 bits per heavy atom. The molecule has 4 nitrogen and oxygen atoms in total. The molecule has 0 radical (unpaired) electrons. The molecule has 2 atom stereocenters. The molecule has 8 heteroatoms. The maximum absolute atomic E-state index is 12.7. The highest BCUT2D eigenvalue weighted by molar-refractivity contribution is 7.18. The molecule has 0 aliphatic carbocycles. The van der Waals surface area contributed by atoms with Crippen molar-refractivity contribution in [3.63, 3.8) is 0 Å². The quantitative estimate of drug-likeness (QED) is 0.922. The van der Waals surface area contributed by atoms with Gasteiger partial charge in [0.1, 0.15) is 5.01 Å². The fourth-order valence-electron chi connectivity index (χ4n) is 1.97. The van der Waals surface area contributed by atoms with Crippen LogP contribution in [0, 0.1) is 0 Å². The summed E-state index contributed by atoms with van der Waals surface area (Å²) in [6.45, 7) is 2.29. The molecule has 126 valence electrons. The lowest BCUT2D eigenvalue weighted by Gasteiger charge is -2.30. The largest absolute Gasteiger partial charge is 0.417 e. The van der Waals surface area contributed by atoms with Crippen LogP contribution in [0.5, 0.6) is 0 Å². The number of hydrogen-bond acceptors (Lipinski definition) is 4. The van der Waals surface area contributed by atoms with E-state index >= 15 is 0 Å². The van der Waals surface area contributed by atoms with E-state index in [2.05, 4.69) is 4.98 Å². The van der Waals surface area contributed by atoms with E-state index in [9.17, 15) is 23.1 Å². The first kappa shape index (κ1) is 17.7. The van der Waals surface area contributed by atoms with Gasteiger partial charge in [0, 0.05) is 7.05 Å². The number of carbonyl (C=O) groups is 1. The van der Waals surface area contributed by atoms with Crippen LogP contribution in [-0.2, 0) is 4.79 Å². The lowest BCUT2D eigenvalue weighted by molar-refractivity contribution is -0.254. The predicted octanol–water partition coefficient (Wildman–Crippen LogP) is 3.52. The van der Waals surface area contributed by atoms with E-state index in [4.69, 9.17) is 0 Å². The van der Waals surface area contributed by atoms with Gasteiger partial charge in [-0.05, 0) is 26.0 Å². The smallest absolute Gasteiger partial charge is 0.380 e. The van der Waals surface area contributed by atoms with E-state index in [1.807, 2.05) is 24.3 Å². The molecule has 0 fully saturated rings. The maximum Gasteiger partial charge on any atom is 0.417 e. The van der Waals surface area contributed by atoms with Gasteiger partial charge in [-0.3, -0.25) is 4.79 Å². The van der Waals surface area contributed by atoms with E-state index in [1.165, 1.54) is 23.3 Å². The van der Waals surface area contributed by atoms with Gasteiger partial charge in [-0.2, -0.15) is 13.2 Å². The molecule has 0 spiro atoms. The summed E-state index contributed by atoms with van der Waals surface area (Å²) in [4.78, 5) is 17.7. The van der Waals surface area contributed by atoms with Crippen molar-refractivity contribution < 1.29 is 23.1 Å². The molecule has 23 heavy (non-hydrogen) atoms. The van der Waals surface area contributed by atoms with Crippen LogP contribution in [0.2, 0.25) is 0 Å². The van der Waals surface area contributed by atoms with Crippen LogP contribution in [0.15, 0.2) is 24.3 Å². The first-order valence-corrected chi connectivity index (χ1v) is 7.75. The number of halogens is 3. The third kappa shape index (κ3) is 3.64. The van der Waals surface area contributed by atoms with Gasteiger partial charge in [0.05, 0.1) is 22.7 Å². The Kier molecular flexibility index (Phi) is 4.68. The van der Waals surface area contributed by atoms with Crippen molar-refractivity contribution in [1.82, 2.24) is 9.88 Å². The van der Waals surface area contributed by atoms with E-state index in [0.29, 0.717) is 11.9 Å². The predicted molar refractivity (Wildman–Crippen MR) is 82.1 cm³/mol. The highest BCUT2D eigenvalue weighted by Crippen LogP contribution is 2.34. The molecule has 0 bridgehead atoms. The van der Waals surface area contributed by atoms with Crippen LogP contribution < -0.4 is 0 Å². The molecule has 0 aliphatic heterocycles. The van der Waals surface area contributed by atoms with Crippen molar-refractivity contribution in [2.24, 2.45) is 0 Å². The van der Waals surface area contributed by atoms with Crippen LogP contribution in [0.3, 0.4) is 0 Å². The average Bonchev–Trinajstić information content (AvgIpc) is 2.87. The Balaban J connectivity index is 2.15. The van der Waals surface area contributed by atoms with Crippen molar-refractivity contribution in [2.45, 2.75) is 38.1 Å². The van der Waals surface area contributed by atoms with Crippen molar-refractivity contribution in [2.75, 3.05) is 7.05 Å². The molecular weight excluding hydrogens is 329 g/mol. The van der Waals surface area contributed by atoms with Gasteiger partial charge in [-0.15, -0.1) is 11.3 Å². The summed E-state index contributed by atoms with van der Waals surface area (Å²) in [6, 6.07) is 6.94. The van der Waals surface area contributed by atoms with Crippen LogP contribution in [0.1, 0.15) is 31.3 Å². The minimum absolute atomic E-state index is 0.482. The molecule has 2 rings (SSSR count). The highest BCUT2D eigenvalue weighted by Gasteiger charge is 2.51. The zero-order chi connectivity index (χ0) is 17.4. The number of benzene rings is 1. The fourth-order valence-corrected chi connectivity index (χ4v) is 3.03. The second-order valence-corrected chi connectivity index (χ2v) is 6.71. The van der Waals surface area contributed by atoms with Gasteiger partial charge in [0.15, 0.2) is 5.60 Å². The Morgan fingerprint density at radius 2 is 2.00 bits per heavy atom. The van der Waals surface area contributed by atoms with Crippen molar-refractivity contribution in [3.05, 3.63) is 29.3 Å². The summed E-state index contributed by atoms with van der Waals surface area (Å²) in [5.41, 5.74) is -2.27. The monoisotopic (exact) mass is 346 g/mol. The number of nitrogens with zero attached hydrogens (tertiary/aromatic N) is 2. The highest BCUT2D eigenvalue weighted by atomic mass is 32.1. The van der Waals surface area contributed by atoms with Gasteiger partial charge < -0.3 is 10.0 Å². The number of hydrogen-bond donors (Lipinski definition) is 1. The molecule has 0 unspecified atom stereocenters. The number of fused-ring (bicyclic) bond motifs is 1. The number of carbonyl (C=O) groups excluding carboxylic acids is 1. The molecule has 2 aromatic rings. The number of aromatic nitrogens is 1. The van der Waals surface area contributed by atoms with Gasteiger partial charge >= 0.3 is 6.18 Å². The van der Waals surface area contributed by atoms with Gasteiger partial charge in [-0.25, -0.2) is 4.98 Å². The van der Waals surface area contributed by atoms with E-state index in [0.717, 1.165) is 10.2 Å². The molecule has 1 heterocycles. The Labute approximate surface area is 135 Å². The molecule has 0 aliphatic rings. The van der Waals surface area contributed by atoms with Gasteiger partial charge in [-0.1, -0.05) is 12.1 Å². The van der Waals surface area contributed by atoms with Gasteiger partial charge in [0.25, 0.3) is 0 Å². The van der Waals surface area contributed by atoms with Crippen LogP contribution >= 0.6 is 11.3 Å². The first-order chi connectivity index (χ1) is 10.5. The standard InChI is InChI=1S/C15H17F3N2O2S/c1-9(13-19-10-6-4-5-7-11(10)23-13)20(3)12(21)8-14(2,22)15(16,17)18/h4-7,9,22H,8H2,1-3H3/t9-,14-/m1/s1. The summed E-state index contributed by atoms with van der Waals surface area (Å²) in [6.07, 6.45) is -5.88. The van der Waals surface area contributed by atoms with Crippen molar-refractivity contribution in [3.8, 4) is 0 Å². The van der Waals surface area contributed by atoms with Crippen LogP contribution in [0.4, 0.5) is 13.2 Å². The zero-order valence-corrected chi connectivity index (χ0v) is 13.7. The summed E-state index contributed by atoms with van der Waals surface area (Å²) >= 11 is 1.38. The molecule has 1 aromatic heterocycles. The summed E-state index contributed by atoms with van der Waals surface area (Å²) in [5, 5.41) is 10.1. The Morgan fingerprint density at radius 1 is 1.39 bits per heavy atom. The molecule has 1 aromatic carbocycles. The third-order valence-corrected chi connectivity index (χ3v) is 4.95. The first-order valence-electron chi connectivity index (χ1n) is 6.93. The number of alkyl halides is 3. The number of amides is 1. The minimum atomic E-state index is -4.86. The average molecular weight is 346 g/mol. The van der Waals surface area contributed by atoms with Crippen molar-refractivity contribution in [1.29, 1.82) is 0 Å². The summed E-state index contributed by atoms with van der Waals surface area (Å²) in [5.74, 6) is -0.793. The van der Waals surface area contributed by atoms with E-state index in [-0.39, 0.29) is 0 Å². The second-order valence-electron chi connectivity index (χ2n) is 5.65. The van der Waals surface area contributed by atoms with Crippen molar-refractivity contribution >= 4 is 27.5 Å². The van der Waals surface area contributed by atoms with E-state index < -0.39 is 30.1 Å². The SMILES string of the molecule is C[C@H](c1nc2ccccc2s1)N(C)C(=O)C[C@@](C)(O)C(F)(F)F. The Hall–Kier alpha value is -1.67. The molecule has 0 saturated heterocycles. The van der Waals surface area contributed by atoms with E-state index in [1.54, 1.807) is 6.92 Å². The van der Waals surface area contributed by atoms with Crippen LogP contribution in [0.25, 0.3) is 10.2 Å². The van der Waals surface area contributed by atoms with Gasteiger partial charge in [0.2, 0.25) is 5.91 Å². The second kappa shape index (κ2) is 6.09. The molecule has 1 amide bonds. The molecule has 0 saturated carbocycles. The Bertz CT molecular complexity index is 679. The lowest BCUT2D eigenvalue weighted by atomic mass is 10.0. The third-order valence-electron chi connectivity index (χ3n) is 3.75. The lowest BCUT2D eigenvalue weighted by Crippen LogP contribution is -2.46. The fraction of sp³-hybridized carbons (Fsp3) is 0.467. The normalized spacial score (nSPS) is 16.1. The molecular formula is C15H17F3N2O2S. The number of aliphatic hydroxyl groups is 1. The van der Waals surface area contributed by atoms with Crippen LogP contribution in [-0.4, -0.2) is 39.7 Å². The summed E-state index contributed by atoms with van der Waals surface area (Å²) in [7, 11) is 1.41. The molecule has 1 N–H and O–H groups in total. The maximum atomic E-state index is 12.7. The number of thiazole rings is 1. The minimum Gasteiger partial charge on any atom is -0.380 e. The number of rotatable bonds is 4.